The number of amides is 1. The van der Waals surface area contributed by atoms with Crippen molar-refractivity contribution in [1.29, 1.82) is 0 Å². The highest BCUT2D eigenvalue weighted by atomic mass is 16.5. The number of nitrogens with zero attached hydrogens (tertiary/aromatic N) is 5. The van der Waals surface area contributed by atoms with E-state index in [0.717, 1.165) is 43.8 Å². The molecule has 10 heteroatoms. The van der Waals surface area contributed by atoms with Crippen LogP contribution in [0.5, 0.6) is 11.5 Å². The maximum absolute atomic E-state index is 13.0. The third kappa shape index (κ3) is 5.30. The van der Waals surface area contributed by atoms with Crippen LogP contribution in [0.1, 0.15) is 36.3 Å². The van der Waals surface area contributed by atoms with Crippen molar-refractivity contribution >= 4 is 22.6 Å². The molecule has 37 heavy (non-hydrogen) atoms. The Bertz CT molecular complexity index is 1360. The van der Waals surface area contributed by atoms with E-state index in [9.17, 15) is 4.79 Å². The molecule has 1 amide bonds. The van der Waals surface area contributed by atoms with E-state index in [1.165, 1.54) is 0 Å². The lowest BCUT2D eigenvalue weighted by molar-refractivity contribution is -0.0686. The number of benzene rings is 1. The number of hydrogen-bond donors (Lipinski definition) is 1. The summed E-state index contributed by atoms with van der Waals surface area (Å²) < 4.78 is 19.7. The highest BCUT2D eigenvalue weighted by Crippen LogP contribution is 2.37. The van der Waals surface area contributed by atoms with Crippen LogP contribution in [0.25, 0.3) is 10.9 Å². The Morgan fingerprint density at radius 1 is 1.24 bits per heavy atom. The first kappa shape index (κ1) is 25.2. The number of nitrogens with one attached hydrogen (secondary N) is 1. The van der Waals surface area contributed by atoms with Crippen LogP contribution < -0.4 is 20.4 Å². The van der Waals surface area contributed by atoms with Gasteiger partial charge in [0.2, 0.25) is 5.62 Å². The molecule has 1 N–H and O–H groups in total. The third-order valence-electron chi connectivity index (χ3n) is 6.72. The topological polar surface area (TPSA) is 103 Å². The van der Waals surface area contributed by atoms with Crippen molar-refractivity contribution in [2.24, 2.45) is 4.99 Å². The second-order valence-corrected chi connectivity index (χ2v) is 9.60. The zero-order valence-electron chi connectivity index (χ0n) is 21.9. The quantitative estimate of drug-likeness (QED) is 0.488. The van der Waals surface area contributed by atoms with Crippen LogP contribution in [-0.2, 0) is 11.3 Å². The van der Waals surface area contributed by atoms with Crippen LogP contribution in [0.3, 0.4) is 0 Å². The summed E-state index contributed by atoms with van der Waals surface area (Å²) in [7, 11) is 1.61. The van der Waals surface area contributed by atoms with Crippen LogP contribution in [0.4, 0.5) is 5.82 Å². The predicted octanol–water partition coefficient (Wildman–Crippen LogP) is 2.79. The van der Waals surface area contributed by atoms with Crippen LogP contribution in [0.15, 0.2) is 35.5 Å². The molecule has 2 aromatic heterocycles. The third-order valence-corrected chi connectivity index (χ3v) is 6.72. The predicted molar refractivity (Wildman–Crippen MR) is 140 cm³/mol. The van der Waals surface area contributed by atoms with Crippen LogP contribution >= 0.6 is 0 Å². The van der Waals surface area contributed by atoms with E-state index in [4.69, 9.17) is 19.2 Å². The number of morpholine rings is 1. The smallest absolute Gasteiger partial charge is 0.282 e. The van der Waals surface area contributed by atoms with Crippen molar-refractivity contribution < 1.29 is 19.0 Å². The van der Waals surface area contributed by atoms with Gasteiger partial charge in [0.05, 0.1) is 37.2 Å². The normalized spacial score (nSPS) is 20.1. The highest BCUT2D eigenvalue weighted by Gasteiger charge is 2.23. The molecule has 196 valence electrons. The molecule has 1 saturated heterocycles. The number of ether oxygens (including phenoxy) is 3. The Kier molecular flexibility index (Phi) is 7.38. The number of aromatic nitrogens is 3. The summed E-state index contributed by atoms with van der Waals surface area (Å²) >= 11 is 0. The Morgan fingerprint density at radius 3 is 2.81 bits per heavy atom. The van der Waals surface area contributed by atoms with E-state index in [-0.39, 0.29) is 18.1 Å². The number of carbonyl (C=O) groups excluding carboxylic acids is 1. The minimum Gasteiger partial charge on any atom is -0.491 e. The Labute approximate surface area is 216 Å². The zero-order valence-corrected chi connectivity index (χ0v) is 21.9. The van der Waals surface area contributed by atoms with Gasteiger partial charge in [0.1, 0.15) is 11.3 Å². The second-order valence-electron chi connectivity index (χ2n) is 9.60. The molecule has 2 atom stereocenters. The van der Waals surface area contributed by atoms with Gasteiger partial charge in [-0.2, -0.15) is 4.99 Å². The van der Waals surface area contributed by atoms with Crippen molar-refractivity contribution in [3.63, 3.8) is 0 Å². The Hall–Kier alpha value is -3.50. The molecular weight excluding hydrogens is 472 g/mol. The van der Waals surface area contributed by atoms with Gasteiger partial charge in [0.15, 0.2) is 11.5 Å². The average Bonchev–Trinajstić information content (AvgIpc) is 3.37. The minimum atomic E-state index is -0.378. The summed E-state index contributed by atoms with van der Waals surface area (Å²) in [4.78, 5) is 28.8. The van der Waals surface area contributed by atoms with Gasteiger partial charge in [-0.1, -0.05) is 0 Å². The van der Waals surface area contributed by atoms with Gasteiger partial charge in [-0.3, -0.25) is 19.2 Å². The fraction of sp³-hybridized carbons (Fsp3) is 0.481. The van der Waals surface area contributed by atoms with E-state index in [2.05, 4.69) is 34.0 Å². The lowest BCUT2D eigenvalue weighted by atomic mass is 10.2. The summed E-state index contributed by atoms with van der Waals surface area (Å²) in [6.45, 7) is 10.8. The fourth-order valence-electron chi connectivity index (χ4n) is 5.14. The number of hydrogen-bond acceptors (Lipinski definition) is 8. The highest BCUT2D eigenvalue weighted by molar-refractivity contribution is 5.97. The first-order chi connectivity index (χ1) is 17.9. The molecule has 0 unspecified atom stereocenters. The minimum absolute atomic E-state index is 0.248. The van der Waals surface area contributed by atoms with E-state index < -0.39 is 0 Å². The van der Waals surface area contributed by atoms with Crippen LogP contribution in [0.2, 0.25) is 0 Å². The van der Waals surface area contributed by atoms with Gasteiger partial charge in [-0.25, -0.2) is 4.98 Å². The molecule has 0 bridgehead atoms. The van der Waals surface area contributed by atoms with Crippen molar-refractivity contribution in [2.45, 2.75) is 45.9 Å². The van der Waals surface area contributed by atoms with E-state index in [0.29, 0.717) is 47.0 Å². The van der Waals surface area contributed by atoms with Gasteiger partial charge in [0.25, 0.3) is 5.91 Å². The summed E-state index contributed by atoms with van der Waals surface area (Å²) in [5.74, 6) is 1.64. The molecule has 0 saturated carbocycles. The summed E-state index contributed by atoms with van der Waals surface area (Å²) in [5, 5.41) is 4.29. The molecule has 0 spiro atoms. The standard InChI is InChI=1S/C27H34N6O4/c1-17-15-32(16-18(2)37-17)12-6-14-36-22-9-8-21-23(24(22)35-4)30-27(33-13-11-29-25(21)33)31-26(34)20-7-5-10-28-19(20)3/h5,7-10,17-18,29H,6,11-16H2,1-4H3/t17-,18+. The number of anilines is 1. The number of carbonyl (C=O) groups is 1. The van der Waals surface area contributed by atoms with Gasteiger partial charge in [0, 0.05) is 44.3 Å². The van der Waals surface area contributed by atoms with E-state index >= 15 is 0 Å². The molecular formula is C27H34N6O4. The lowest BCUT2D eigenvalue weighted by Gasteiger charge is -2.35. The molecule has 1 fully saturated rings. The van der Waals surface area contributed by atoms with Crippen molar-refractivity contribution in [3.8, 4) is 11.5 Å². The monoisotopic (exact) mass is 506 g/mol. The SMILES string of the molecule is COc1c(OCCCN2C[C@@H](C)O[C@@H](C)C2)ccc2c3n(c(=NC(=O)c4cccnc4C)nc12)CCN3. The number of rotatable bonds is 7. The lowest BCUT2D eigenvalue weighted by Crippen LogP contribution is -2.45. The van der Waals surface area contributed by atoms with Crippen molar-refractivity contribution in [1.82, 2.24) is 19.4 Å². The number of aryl methyl sites for hydroxylation is 1. The first-order valence-corrected chi connectivity index (χ1v) is 12.8. The van der Waals surface area contributed by atoms with Crippen molar-refractivity contribution in [3.05, 3.63) is 47.3 Å². The van der Waals surface area contributed by atoms with Crippen LogP contribution in [-0.4, -0.2) is 77.4 Å². The molecule has 2 aliphatic rings. The second kappa shape index (κ2) is 10.9. The Morgan fingerprint density at radius 2 is 2.05 bits per heavy atom. The number of pyridine rings is 1. The van der Waals surface area contributed by atoms with E-state index in [1.807, 2.05) is 16.7 Å². The van der Waals surface area contributed by atoms with Gasteiger partial charge in [-0.15, -0.1) is 0 Å². The fourth-order valence-corrected chi connectivity index (χ4v) is 5.14. The molecule has 1 aromatic carbocycles. The zero-order chi connectivity index (χ0) is 25.9. The molecule has 3 aromatic rings. The number of methoxy groups -OCH3 is 1. The maximum atomic E-state index is 13.0. The van der Waals surface area contributed by atoms with E-state index in [1.54, 1.807) is 32.4 Å². The average molecular weight is 507 g/mol. The molecule has 0 radical (unpaired) electrons. The molecule has 10 nitrogen and oxygen atoms in total. The van der Waals surface area contributed by atoms with Gasteiger partial charge >= 0.3 is 0 Å². The van der Waals surface area contributed by atoms with Crippen LogP contribution in [0, 0.1) is 6.92 Å². The molecule has 2 aliphatic heterocycles. The molecule has 0 aliphatic carbocycles. The summed E-state index contributed by atoms with van der Waals surface area (Å²) in [6.07, 6.45) is 3.04. The summed E-state index contributed by atoms with van der Waals surface area (Å²) in [5.41, 5.74) is 2.02. The van der Waals surface area contributed by atoms with Gasteiger partial charge < -0.3 is 19.5 Å². The molecule has 4 heterocycles. The Balaban J connectivity index is 1.41. The van der Waals surface area contributed by atoms with Gasteiger partial charge in [-0.05, 0) is 51.5 Å². The van der Waals surface area contributed by atoms with Crippen molar-refractivity contribution in [2.75, 3.05) is 45.2 Å². The largest absolute Gasteiger partial charge is 0.491 e. The number of fused-ring (bicyclic) bond motifs is 3. The first-order valence-electron chi connectivity index (χ1n) is 12.8. The maximum Gasteiger partial charge on any atom is 0.282 e. The molecule has 5 rings (SSSR count). The summed E-state index contributed by atoms with van der Waals surface area (Å²) in [6, 6.07) is 7.36.